The Hall–Kier alpha value is -1.74. The van der Waals surface area contributed by atoms with Gasteiger partial charge in [-0.25, -0.2) is 22.2 Å². The number of nitrogens with zero attached hydrogens (tertiary/aromatic N) is 1. The SMILES string of the molecule is CNc1ccc(S(=O)(=O)Nc2cc(Br)c(F)cc2F)cn1. The van der Waals surface area contributed by atoms with Crippen LogP contribution in [0.5, 0.6) is 0 Å². The van der Waals surface area contributed by atoms with Gasteiger partial charge in [-0.2, -0.15) is 0 Å². The van der Waals surface area contributed by atoms with Gasteiger partial charge in [-0.3, -0.25) is 4.72 Å². The molecule has 0 aliphatic heterocycles. The Morgan fingerprint density at radius 3 is 2.48 bits per heavy atom. The molecular weight excluding hydrogens is 368 g/mol. The van der Waals surface area contributed by atoms with E-state index in [1.54, 1.807) is 7.05 Å². The lowest BCUT2D eigenvalue weighted by atomic mass is 10.3. The standard InChI is InChI=1S/C12H10BrF2N3O2S/c1-16-12-3-2-7(6-17-12)21(19,20)18-11-4-8(13)9(14)5-10(11)15/h2-6,18H,1H3,(H,16,17). The van der Waals surface area contributed by atoms with Crippen molar-refractivity contribution >= 4 is 37.5 Å². The molecule has 112 valence electrons. The van der Waals surface area contributed by atoms with Crippen LogP contribution in [0.2, 0.25) is 0 Å². The second kappa shape index (κ2) is 5.94. The van der Waals surface area contributed by atoms with Gasteiger partial charge in [0.05, 0.1) is 10.2 Å². The summed E-state index contributed by atoms with van der Waals surface area (Å²) in [5.74, 6) is -1.35. The summed E-state index contributed by atoms with van der Waals surface area (Å²) in [6.07, 6.45) is 1.13. The zero-order valence-corrected chi connectivity index (χ0v) is 13.1. The topological polar surface area (TPSA) is 71.1 Å². The Labute approximate surface area is 128 Å². The number of sulfonamides is 1. The van der Waals surface area contributed by atoms with Gasteiger partial charge in [-0.05, 0) is 34.1 Å². The van der Waals surface area contributed by atoms with Gasteiger partial charge in [-0.15, -0.1) is 0 Å². The van der Waals surface area contributed by atoms with Crippen molar-refractivity contribution in [3.8, 4) is 0 Å². The van der Waals surface area contributed by atoms with Crippen LogP contribution in [0.3, 0.4) is 0 Å². The van der Waals surface area contributed by atoms with E-state index in [-0.39, 0.29) is 15.1 Å². The Morgan fingerprint density at radius 1 is 1.19 bits per heavy atom. The molecule has 21 heavy (non-hydrogen) atoms. The minimum absolute atomic E-state index is 0.0507. The van der Waals surface area contributed by atoms with Crippen molar-refractivity contribution in [2.24, 2.45) is 0 Å². The molecule has 2 rings (SSSR count). The highest BCUT2D eigenvalue weighted by atomic mass is 79.9. The van der Waals surface area contributed by atoms with Crippen molar-refractivity contribution in [1.29, 1.82) is 0 Å². The Balaban J connectivity index is 2.34. The van der Waals surface area contributed by atoms with Crippen LogP contribution in [0, 0.1) is 11.6 Å². The highest BCUT2D eigenvalue weighted by molar-refractivity contribution is 9.10. The number of hydrogen-bond acceptors (Lipinski definition) is 4. The Kier molecular flexibility index (Phi) is 4.43. The quantitative estimate of drug-likeness (QED) is 0.803. The number of nitrogens with one attached hydrogen (secondary N) is 2. The van der Waals surface area contributed by atoms with Gasteiger partial charge in [0.15, 0.2) is 0 Å². The molecule has 1 heterocycles. The molecule has 0 atom stereocenters. The molecule has 0 amide bonds. The van der Waals surface area contributed by atoms with Gasteiger partial charge < -0.3 is 5.32 Å². The van der Waals surface area contributed by atoms with E-state index >= 15 is 0 Å². The molecule has 0 unspecified atom stereocenters. The maximum atomic E-state index is 13.6. The molecule has 0 spiro atoms. The average molecular weight is 378 g/mol. The molecule has 0 radical (unpaired) electrons. The fraction of sp³-hybridized carbons (Fsp3) is 0.0833. The van der Waals surface area contributed by atoms with Gasteiger partial charge in [0.1, 0.15) is 22.3 Å². The number of aromatic nitrogens is 1. The smallest absolute Gasteiger partial charge is 0.263 e. The van der Waals surface area contributed by atoms with Crippen molar-refractivity contribution in [3.63, 3.8) is 0 Å². The first kappa shape index (κ1) is 15.6. The minimum atomic E-state index is -4.01. The van der Waals surface area contributed by atoms with E-state index in [1.807, 2.05) is 4.72 Å². The fourth-order valence-corrected chi connectivity index (χ4v) is 2.84. The van der Waals surface area contributed by atoms with E-state index in [1.165, 1.54) is 12.1 Å². The number of anilines is 2. The lowest BCUT2D eigenvalue weighted by Crippen LogP contribution is -2.14. The number of pyridine rings is 1. The average Bonchev–Trinajstić information content (AvgIpc) is 2.44. The summed E-state index contributed by atoms with van der Waals surface area (Å²) in [6.45, 7) is 0. The summed E-state index contributed by atoms with van der Waals surface area (Å²) in [5.41, 5.74) is -0.360. The number of halogens is 3. The van der Waals surface area contributed by atoms with E-state index in [0.717, 1.165) is 12.3 Å². The second-order valence-corrected chi connectivity index (χ2v) is 6.52. The number of rotatable bonds is 4. The molecule has 0 bridgehead atoms. The van der Waals surface area contributed by atoms with Crippen molar-refractivity contribution in [2.75, 3.05) is 17.1 Å². The zero-order chi connectivity index (χ0) is 15.6. The summed E-state index contributed by atoms with van der Waals surface area (Å²) in [7, 11) is -2.37. The van der Waals surface area contributed by atoms with Crippen LogP contribution in [0.1, 0.15) is 0 Å². The molecule has 5 nitrogen and oxygen atoms in total. The van der Waals surface area contributed by atoms with E-state index < -0.39 is 21.7 Å². The second-order valence-electron chi connectivity index (χ2n) is 3.98. The molecule has 0 aliphatic carbocycles. The predicted molar refractivity (Wildman–Crippen MR) is 78.7 cm³/mol. The number of benzene rings is 1. The van der Waals surface area contributed by atoms with E-state index in [2.05, 4.69) is 26.2 Å². The predicted octanol–water partition coefficient (Wildman–Crippen LogP) is 2.96. The summed E-state index contributed by atoms with van der Waals surface area (Å²) < 4.78 is 52.9. The van der Waals surface area contributed by atoms with Crippen molar-refractivity contribution in [1.82, 2.24) is 4.98 Å². The van der Waals surface area contributed by atoms with Crippen LogP contribution in [0.4, 0.5) is 20.3 Å². The van der Waals surface area contributed by atoms with Crippen LogP contribution >= 0.6 is 15.9 Å². The third kappa shape index (κ3) is 3.48. The molecule has 0 saturated heterocycles. The van der Waals surface area contributed by atoms with Crippen molar-refractivity contribution < 1.29 is 17.2 Å². The van der Waals surface area contributed by atoms with Gasteiger partial charge in [0.2, 0.25) is 0 Å². The summed E-state index contributed by atoms with van der Waals surface area (Å²) in [6, 6.07) is 4.38. The lowest BCUT2D eigenvalue weighted by Gasteiger charge is -2.10. The first-order chi connectivity index (χ1) is 9.83. The molecule has 1 aromatic heterocycles. The van der Waals surface area contributed by atoms with Crippen molar-refractivity contribution in [3.05, 3.63) is 46.6 Å². The van der Waals surface area contributed by atoms with E-state index in [4.69, 9.17) is 0 Å². The molecule has 2 aromatic rings. The van der Waals surface area contributed by atoms with Gasteiger partial charge in [-0.1, -0.05) is 0 Å². The number of hydrogen-bond donors (Lipinski definition) is 2. The summed E-state index contributed by atoms with van der Waals surface area (Å²) in [5, 5.41) is 2.74. The van der Waals surface area contributed by atoms with Crippen LogP contribution in [-0.4, -0.2) is 20.4 Å². The molecular formula is C12H10BrF2N3O2S. The largest absolute Gasteiger partial charge is 0.373 e. The zero-order valence-electron chi connectivity index (χ0n) is 10.7. The Morgan fingerprint density at radius 2 is 1.90 bits per heavy atom. The maximum absolute atomic E-state index is 13.6. The molecule has 0 aliphatic rings. The monoisotopic (exact) mass is 377 g/mol. The first-order valence-corrected chi connectivity index (χ1v) is 7.92. The van der Waals surface area contributed by atoms with Crippen LogP contribution < -0.4 is 10.0 Å². The summed E-state index contributed by atoms with van der Waals surface area (Å²) >= 11 is 2.87. The van der Waals surface area contributed by atoms with Crippen molar-refractivity contribution in [2.45, 2.75) is 4.90 Å². The third-order valence-corrected chi connectivity index (χ3v) is 4.52. The highest BCUT2D eigenvalue weighted by Crippen LogP contribution is 2.25. The van der Waals surface area contributed by atoms with E-state index in [0.29, 0.717) is 11.9 Å². The van der Waals surface area contributed by atoms with Crippen LogP contribution in [0.25, 0.3) is 0 Å². The van der Waals surface area contributed by atoms with Gasteiger partial charge in [0.25, 0.3) is 10.0 Å². The maximum Gasteiger partial charge on any atom is 0.263 e. The Bertz CT molecular complexity index is 767. The van der Waals surface area contributed by atoms with E-state index in [9.17, 15) is 17.2 Å². The summed E-state index contributed by atoms with van der Waals surface area (Å²) in [4.78, 5) is 3.73. The molecule has 0 fully saturated rings. The molecule has 9 heteroatoms. The third-order valence-electron chi connectivity index (χ3n) is 2.56. The first-order valence-electron chi connectivity index (χ1n) is 5.64. The normalized spacial score (nSPS) is 11.2. The van der Waals surface area contributed by atoms with Gasteiger partial charge >= 0.3 is 0 Å². The van der Waals surface area contributed by atoms with Crippen LogP contribution in [0.15, 0.2) is 39.8 Å². The van der Waals surface area contributed by atoms with Crippen LogP contribution in [-0.2, 0) is 10.0 Å². The lowest BCUT2D eigenvalue weighted by molar-refractivity contribution is 0.579. The highest BCUT2D eigenvalue weighted by Gasteiger charge is 2.18. The fourth-order valence-electron chi connectivity index (χ4n) is 1.49. The van der Waals surface area contributed by atoms with Gasteiger partial charge in [0, 0.05) is 19.3 Å². The minimum Gasteiger partial charge on any atom is -0.373 e. The molecule has 2 N–H and O–H groups in total. The molecule has 0 saturated carbocycles. The molecule has 1 aromatic carbocycles.